The van der Waals surface area contributed by atoms with Crippen molar-refractivity contribution in [3.05, 3.63) is 90.0 Å². The van der Waals surface area contributed by atoms with Gasteiger partial charge in [0.1, 0.15) is 0 Å². The van der Waals surface area contributed by atoms with Gasteiger partial charge in [-0.15, -0.1) is 0 Å². The molecule has 3 aromatic heterocycles. The Morgan fingerprint density at radius 2 is 1.65 bits per heavy atom. The van der Waals surface area contributed by atoms with E-state index in [0.29, 0.717) is 27.8 Å². The molecular weight excluding hydrogens is 490 g/mol. The second kappa shape index (κ2) is 9.43. The van der Waals surface area contributed by atoms with Gasteiger partial charge in [0, 0.05) is 41.8 Å². The Balaban J connectivity index is 1.45. The molecule has 0 saturated carbocycles. The zero-order chi connectivity index (χ0) is 26.2. The third-order valence-corrected chi connectivity index (χ3v) is 7.28. The lowest BCUT2D eigenvalue weighted by atomic mass is 10.0. The molecule has 0 unspecified atom stereocenters. The summed E-state index contributed by atoms with van der Waals surface area (Å²) in [6.07, 6.45) is 2.88. The van der Waals surface area contributed by atoms with E-state index in [1.165, 1.54) is 36.7 Å². The molecule has 5 aromatic rings. The van der Waals surface area contributed by atoms with E-state index in [9.17, 15) is 13.2 Å². The van der Waals surface area contributed by atoms with Crippen LogP contribution >= 0.6 is 0 Å². The van der Waals surface area contributed by atoms with Gasteiger partial charge in [0.15, 0.2) is 0 Å². The van der Waals surface area contributed by atoms with Crippen LogP contribution in [0.2, 0.25) is 0 Å². The van der Waals surface area contributed by atoms with Gasteiger partial charge in [-0.25, -0.2) is 28.1 Å². The Morgan fingerprint density at radius 3 is 2.32 bits per heavy atom. The van der Waals surface area contributed by atoms with Gasteiger partial charge in [-0.3, -0.25) is 9.48 Å². The van der Waals surface area contributed by atoms with Crippen molar-refractivity contribution in [3.8, 4) is 11.3 Å². The van der Waals surface area contributed by atoms with Crippen molar-refractivity contribution in [1.29, 1.82) is 0 Å². The monoisotopic (exact) mass is 513 g/mol. The number of rotatable bonds is 6. The predicted molar refractivity (Wildman–Crippen MR) is 141 cm³/mol. The maximum atomic E-state index is 13.4. The number of hydrogen-bond acceptors (Lipinski definition) is 7. The quantitative estimate of drug-likeness (QED) is 0.349. The van der Waals surface area contributed by atoms with E-state index < -0.39 is 10.0 Å². The van der Waals surface area contributed by atoms with Crippen LogP contribution in [-0.2, 0) is 17.1 Å². The Labute approximate surface area is 213 Å². The van der Waals surface area contributed by atoms with Gasteiger partial charge >= 0.3 is 0 Å². The molecule has 10 nitrogen and oxygen atoms in total. The third-order valence-electron chi connectivity index (χ3n) is 5.94. The molecule has 0 spiro atoms. The third kappa shape index (κ3) is 4.76. The summed E-state index contributed by atoms with van der Waals surface area (Å²) < 4.78 is 29.4. The van der Waals surface area contributed by atoms with Crippen molar-refractivity contribution < 1.29 is 13.2 Å². The Morgan fingerprint density at radius 1 is 0.946 bits per heavy atom. The van der Waals surface area contributed by atoms with E-state index >= 15 is 0 Å². The predicted octanol–water partition coefficient (Wildman–Crippen LogP) is 4.10. The molecule has 0 saturated heterocycles. The highest BCUT2D eigenvalue weighted by Gasteiger charge is 2.19. The molecule has 0 atom stereocenters. The zero-order valence-corrected chi connectivity index (χ0v) is 21.1. The minimum atomic E-state index is -3.89. The van der Waals surface area contributed by atoms with Crippen LogP contribution in [-0.4, -0.2) is 39.1 Å². The number of aromatic nitrogens is 5. The topological polar surface area (TPSA) is 132 Å². The fourth-order valence-electron chi connectivity index (χ4n) is 4.08. The molecular formula is C26H23N7O3S. The summed E-state index contributed by atoms with van der Waals surface area (Å²) in [6, 6.07) is 16.6. The summed E-state index contributed by atoms with van der Waals surface area (Å²) in [6.45, 7) is 3.87. The van der Waals surface area contributed by atoms with Crippen LogP contribution in [0, 0.1) is 13.8 Å². The number of pyridine rings is 1. The highest BCUT2D eigenvalue weighted by atomic mass is 32.2. The lowest BCUT2D eigenvalue weighted by molar-refractivity contribution is 0.102. The molecule has 37 heavy (non-hydrogen) atoms. The number of amides is 1. The number of nitrogens with one attached hydrogen (secondary N) is 2. The highest BCUT2D eigenvalue weighted by Crippen LogP contribution is 2.29. The minimum absolute atomic E-state index is 0.0112. The zero-order valence-electron chi connectivity index (χ0n) is 20.3. The van der Waals surface area contributed by atoms with Gasteiger partial charge < -0.3 is 5.32 Å². The minimum Gasteiger partial charge on any atom is -0.322 e. The molecule has 3 heterocycles. The summed E-state index contributed by atoms with van der Waals surface area (Å²) in [5, 5.41) is 8.05. The molecule has 0 aliphatic carbocycles. The summed E-state index contributed by atoms with van der Waals surface area (Å²) >= 11 is 0. The fraction of sp³-hybridized carbons (Fsp3) is 0.115. The molecule has 0 aliphatic heterocycles. The number of benzene rings is 2. The van der Waals surface area contributed by atoms with Gasteiger partial charge in [0.25, 0.3) is 15.9 Å². The molecule has 5 rings (SSSR count). The highest BCUT2D eigenvalue weighted by molar-refractivity contribution is 7.92. The number of anilines is 2. The van der Waals surface area contributed by atoms with Gasteiger partial charge in [-0.2, -0.15) is 5.10 Å². The summed E-state index contributed by atoms with van der Waals surface area (Å²) in [5.41, 5.74) is 4.87. The van der Waals surface area contributed by atoms with Crippen molar-refractivity contribution in [3.63, 3.8) is 0 Å². The summed E-state index contributed by atoms with van der Waals surface area (Å²) in [5.74, 6) is -0.371. The molecule has 0 aliphatic rings. The number of aryl methyl sites for hydroxylation is 2. The molecule has 2 N–H and O–H groups in total. The van der Waals surface area contributed by atoms with Crippen molar-refractivity contribution >= 4 is 38.5 Å². The van der Waals surface area contributed by atoms with E-state index in [1.54, 1.807) is 16.8 Å². The smallest absolute Gasteiger partial charge is 0.264 e. The number of para-hydroxylation sites is 1. The van der Waals surface area contributed by atoms with Crippen LogP contribution < -0.4 is 10.0 Å². The van der Waals surface area contributed by atoms with Gasteiger partial charge in [0.2, 0.25) is 5.95 Å². The Hall–Kier alpha value is -4.64. The second-order valence-corrected chi connectivity index (χ2v) is 10.1. The van der Waals surface area contributed by atoms with Gasteiger partial charge in [0.05, 0.1) is 27.4 Å². The normalized spacial score (nSPS) is 11.4. The van der Waals surface area contributed by atoms with E-state index in [-0.39, 0.29) is 16.8 Å². The van der Waals surface area contributed by atoms with Crippen LogP contribution in [0.4, 0.5) is 11.6 Å². The summed E-state index contributed by atoms with van der Waals surface area (Å²) in [4.78, 5) is 26.0. The maximum Gasteiger partial charge on any atom is 0.264 e. The molecule has 0 bridgehead atoms. The first kappa shape index (κ1) is 24.1. The number of carbonyl (C=O) groups excluding carboxylic acids is 1. The largest absolute Gasteiger partial charge is 0.322 e. The first-order valence-electron chi connectivity index (χ1n) is 11.3. The van der Waals surface area contributed by atoms with Crippen molar-refractivity contribution in [2.45, 2.75) is 18.7 Å². The SMILES string of the molecule is Cc1nn(C)c(C)c1-c1cc(C(=O)Nc2ccc(S(=O)(=O)Nc3ncccn3)cc2)c2ccccc2n1. The lowest BCUT2D eigenvalue weighted by Crippen LogP contribution is -2.15. The molecule has 11 heteroatoms. The maximum absolute atomic E-state index is 13.4. The average Bonchev–Trinajstić information content (AvgIpc) is 3.14. The van der Waals surface area contributed by atoms with Crippen LogP contribution in [0.25, 0.3) is 22.2 Å². The van der Waals surface area contributed by atoms with Crippen molar-refractivity contribution in [1.82, 2.24) is 24.7 Å². The Kier molecular flexibility index (Phi) is 6.14. The van der Waals surface area contributed by atoms with Crippen molar-refractivity contribution in [2.75, 3.05) is 10.0 Å². The molecule has 0 fully saturated rings. The molecule has 0 radical (unpaired) electrons. The summed E-state index contributed by atoms with van der Waals surface area (Å²) in [7, 11) is -2.02. The second-order valence-electron chi connectivity index (χ2n) is 8.40. The first-order valence-corrected chi connectivity index (χ1v) is 12.8. The number of sulfonamides is 1. The van der Waals surface area contributed by atoms with E-state index in [1.807, 2.05) is 45.2 Å². The molecule has 186 valence electrons. The van der Waals surface area contributed by atoms with Gasteiger partial charge in [-0.05, 0) is 56.3 Å². The number of fused-ring (bicyclic) bond motifs is 1. The van der Waals surface area contributed by atoms with E-state index in [0.717, 1.165) is 17.0 Å². The average molecular weight is 514 g/mol. The Bertz CT molecular complexity index is 1730. The van der Waals surface area contributed by atoms with E-state index in [4.69, 9.17) is 4.98 Å². The van der Waals surface area contributed by atoms with Crippen LogP contribution in [0.1, 0.15) is 21.7 Å². The molecule has 1 amide bonds. The number of carbonyl (C=O) groups is 1. The lowest BCUT2D eigenvalue weighted by Gasteiger charge is -2.12. The number of hydrogen-bond donors (Lipinski definition) is 2. The van der Waals surface area contributed by atoms with Crippen LogP contribution in [0.15, 0.2) is 78.0 Å². The van der Waals surface area contributed by atoms with E-state index in [2.05, 4.69) is 25.1 Å². The van der Waals surface area contributed by atoms with Crippen molar-refractivity contribution in [2.24, 2.45) is 7.05 Å². The van der Waals surface area contributed by atoms with Crippen LogP contribution in [0.3, 0.4) is 0 Å². The molecule has 2 aromatic carbocycles. The van der Waals surface area contributed by atoms with Gasteiger partial charge in [-0.1, -0.05) is 18.2 Å². The van der Waals surface area contributed by atoms with Crippen LogP contribution in [0.5, 0.6) is 0 Å². The fourth-order valence-corrected chi connectivity index (χ4v) is 5.04. The number of nitrogens with zero attached hydrogens (tertiary/aromatic N) is 5. The first-order chi connectivity index (χ1) is 17.7. The standard InChI is InChI=1S/C26H23N7O3S/c1-16-24(17(2)33(3)31-16)23-15-21(20-7-4-5-8-22(20)30-23)25(34)29-18-9-11-19(12-10-18)37(35,36)32-26-27-13-6-14-28-26/h4-15H,1-3H3,(H,29,34)(H,27,28,32).